The molecule has 0 unspecified atom stereocenters. The molecule has 3 aromatic carbocycles. The van der Waals surface area contributed by atoms with Gasteiger partial charge < -0.3 is 5.32 Å². The Balaban J connectivity index is 1.86. The lowest BCUT2D eigenvalue weighted by molar-refractivity contribution is -0.112. The zero-order valence-electron chi connectivity index (χ0n) is 14.8. The average Bonchev–Trinajstić information content (AvgIpc) is 2.70. The van der Waals surface area contributed by atoms with Crippen molar-refractivity contribution >= 4 is 40.9 Å². The normalized spacial score (nSPS) is 11.0. The van der Waals surface area contributed by atoms with E-state index < -0.39 is 5.91 Å². The van der Waals surface area contributed by atoms with E-state index in [-0.39, 0.29) is 5.57 Å². The number of hydrogen-bond donors (Lipinski definition) is 1. The number of amides is 1. The third kappa shape index (κ3) is 5.01. The summed E-state index contributed by atoms with van der Waals surface area (Å²) in [5.74, 6) is -0.475. The summed E-state index contributed by atoms with van der Waals surface area (Å²) in [6.07, 6.45) is 2.20. The van der Waals surface area contributed by atoms with Gasteiger partial charge in [0.2, 0.25) is 0 Å². The maximum Gasteiger partial charge on any atom is 0.266 e. The second-order valence-electron chi connectivity index (χ2n) is 6.10. The van der Waals surface area contributed by atoms with Crippen molar-refractivity contribution in [2.75, 3.05) is 5.32 Å². The summed E-state index contributed by atoms with van der Waals surface area (Å²) in [5, 5.41) is 13.4. The van der Waals surface area contributed by atoms with Crippen molar-refractivity contribution in [3.63, 3.8) is 0 Å². The van der Waals surface area contributed by atoms with Gasteiger partial charge in [0.15, 0.2) is 0 Å². The summed E-state index contributed by atoms with van der Waals surface area (Å²) in [7, 11) is 0. The van der Waals surface area contributed by atoms with Crippen molar-refractivity contribution in [2.24, 2.45) is 0 Å². The first-order chi connectivity index (χ1) is 13.6. The highest BCUT2D eigenvalue weighted by molar-refractivity contribution is 6.31. The van der Waals surface area contributed by atoms with Crippen LogP contribution >= 0.6 is 23.2 Å². The van der Waals surface area contributed by atoms with Crippen molar-refractivity contribution in [2.45, 2.75) is 6.42 Å². The van der Waals surface area contributed by atoms with E-state index in [0.717, 1.165) is 16.7 Å². The molecule has 3 rings (SSSR count). The smallest absolute Gasteiger partial charge is 0.266 e. The summed E-state index contributed by atoms with van der Waals surface area (Å²) in [6, 6.07) is 23.9. The lowest BCUT2D eigenvalue weighted by Crippen LogP contribution is -2.13. The third-order valence-electron chi connectivity index (χ3n) is 4.16. The third-order valence-corrected chi connectivity index (χ3v) is 4.78. The van der Waals surface area contributed by atoms with E-state index in [9.17, 15) is 10.1 Å². The fraction of sp³-hybridized carbons (Fsp3) is 0.0435. The molecule has 0 saturated carbocycles. The van der Waals surface area contributed by atoms with E-state index in [1.165, 1.54) is 0 Å². The molecule has 5 heteroatoms. The lowest BCUT2D eigenvalue weighted by Gasteiger charge is -2.09. The number of rotatable bonds is 5. The summed E-state index contributed by atoms with van der Waals surface area (Å²) >= 11 is 12.1. The Morgan fingerprint density at radius 3 is 2.25 bits per heavy atom. The highest BCUT2D eigenvalue weighted by Gasteiger charge is 2.11. The van der Waals surface area contributed by atoms with Gasteiger partial charge in [0.05, 0.1) is 0 Å². The van der Waals surface area contributed by atoms with Crippen molar-refractivity contribution in [1.29, 1.82) is 5.26 Å². The van der Waals surface area contributed by atoms with Gasteiger partial charge in [-0.25, -0.2) is 0 Å². The van der Waals surface area contributed by atoms with E-state index in [2.05, 4.69) is 5.32 Å². The Labute approximate surface area is 173 Å². The molecule has 0 heterocycles. The molecule has 0 fully saturated rings. The summed E-state index contributed by atoms with van der Waals surface area (Å²) in [5.41, 5.74) is 3.34. The van der Waals surface area contributed by atoms with Crippen LogP contribution in [0.3, 0.4) is 0 Å². The van der Waals surface area contributed by atoms with Gasteiger partial charge in [0, 0.05) is 15.7 Å². The first-order valence-corrected chi connectivity index (χ1v) is 9.32. The average molecular weight is 407 g/mol. The van der Waals surface area contributed by atoms with Gasteiger partial charge in [0.25, 0.3) is 5.91 Å². The van der Waals surface area contributed by atoms with Crippen molar-refractivity contribution in [1.82, 2.24) is 0 Å². The molecule has 0 aliphatic rings. The van der Waals surface area contributed by atoms with Crippen LogP contribution in [0.4, 0.5) is 5.69 Å². The van der Waals surface area contributed by atoms with Crippen LogP contribution in [0.1, 0.15) is 16.7 Å². The van der Waals surface area contributed by atoms with E-state index in [0.29, 0.717) is 22.2 Å². The van der Waals surface area contributed by atoms with Crippen LogP contribution in [0.15, 0.2) is 78.4 Å². The molecular weight excluding hydrogens is 391 g/mol. The molecule has 0 bridgehead atoms. The van der Waals surface area contributed by atoms with Crippen LogP contribution in [0.25, 0.3) is 6.08 Å². The predicted octanol–water partition coefficient (Wildman–Crippen LogP) is 6.13. The first kappa shape index (κ1) is 19.7. The van der Waals surface area contributed by atoms with Gasteiger partial charge in [-0.3, -0.25) is 4.79 Å². The SMILES string of the molecule is N#C/C(=C\c1ccccc1Cc1ccccc1Cl)C(=O)Nc1ccc(Cl)cc1. The molecule has 138 valence electrons. The van der Waals surface area contributed by atoms with Gasteiger partial charge >= 0.3 is 0 Å². The lowest BCUT2D eigenvalue weighted by atomic mass is 9.98. The number of carbonyl (C=O) groups excluding carboxylic acids is 1. The van der Waals surface area contributed by atoms with Gasteiger partial charge in [-0.2, -0.15) is 5.26 Å². The predicted molar refractivity (Wildman–Crippen MR) is 114 cm³/mol. The zero-order valence-corrected chi connectivity index (χ0v) is 16.3. The summed E-state index contributed by atoms with van der Waals surface area (Å²) < 4.78 is 0. The molecule has 0 radical (unpaired) electrons. The number of halogens is 2. The maximum absolute atomic E-state index is 12.5. The van der Waals surface area contributed by atoms with E-state index in [1.807, 2.05) is 54.6 Å². The highest BCUT2D eigenvalue weighted by Crippen LogP contribution is 2.23. The monoisotopic (exact) mass is 406 g/mol. The fourth-order valence-corrected chi connectivity index (χ4v) is 3.05. The Kier molecular flexibility index (Phi) is 6.49. The molecule has 0 aliphatic carbocycles. The molecule has 1 amide bonds. The number of nitriles is 1. The quantitative estimate of drug-likeness (QED) is 0.409. The van der Waals surface area contributed by atoms with Crippen LogP contribution < -0.4 is 5.32 Å². The second-order valence-corrected chi connectivity index (χ2v) is 6.94. The molecule has 0 saturated heterocycles. The van der Waals surface area contributed by atoms with Crippen LogP contribution in [-0.2, 0) is 11.2 Å². The number of nitrogens with one attached hydrogen (secondary N) is 1. The van der Waals surface area contributed by atoms with Crippen molar-refractivity contribution in [3.8, 4) is 6.07 Å². The van der Waals surface area contributed by atoms with E-state index in [4.69, 9.17) is 23.2 Å². The maximum atomic E-state index is 12.5. The molecule has 0 aliphatic heterocycles. The molecule has 0 spiro atoms. The van der Waals surface area contributed by atoms with E-state index >= 15 is 0 Å². The molecular formula is C23H16Cl2N2O. The Morgan fingerprint density at radius 1 is 0.929 bits per heavy atom. The summed E-state index contributed by atoms with van der Waals surface area (Å²) in [6.45, 7) is 0. The Bertz CT molecular complexity index is 1070. The van der Waals surface area contributed by atoms with Gasteiger partial charge in [-0.15, -0.1) is 0 Å². The minimum Gasteiger partial charge on any atom is -0.321 e. The Morgan fingerprint density at radius 2 is 1.57 bits per heavy atom. The topological polar surface area (TPSA) is 52.9 Å². The zero-order chi connectivity index (χ0) is 19.9. The Hall–Kier alpha value is -3.06. The fourth-order valence-electron chi connectivity index (χ4n) is 2.72. The van der Waals surface area contributed by atoms with Crippen LogP contribution in [0.5, 0.6) is 0 Å². The summed E-state index contributed by atoms with van der Waals surface area (Å²) in [4.78, 5) is 12.5. The van der Waals surface area contributed by atoms with Crippen molar-refractivity contribution in [3.05, 3.63) is 105 Å². The minimum atomic E-state index is -0.475. The molecule has 1 N–H and O–H groups in total. The molecule has 3 aromatic rings. The van der Waals surface area contributed by atoms with Crippen LogP contribution in [0, 0.1) is 11.3 Å². The molecule has 0 atom stereocenters. The molecule has 3 nitrogen and oxygen atoms in total. The number of nitrogens with zero attached hydrogens (tertiary/aromatic N) is 1. The van der Waals surface area contributed by atoms with Gasteiger partial charge in [0.1, 0.15) is 11.6 Å². The van der Waals surface area contributed by atoms with Crippen LogP contribution in [0.2, 0.25) is 10.0 Å². The first-order valence-electron chi connectivity index (χ1n) is 8.57. The number of hydrogen-bond acceptors (Lipinski definition) is 2. The van der Waals surface area contributed by atoms with E-state index in [1.54, 1.807) is 30.3 Å². The number of benzene rings is 3. The largest absolute Gasteiger partial charge is 0.321 e. The van der Waals surface area contributed by atoms with Crippen LogP contribution in [-0.4, -0.2) is 5.91 Å². The standard InChI is InChI=1S/C23H16Cl2N2O/c24-20-9-11-21(12-10-20)27-23(28)19(15-26)14-17-6-2-1-5-16(17)13-18-7-3-4-8-22(18)25/h1-12,14H,13H2,(H,27,28)/b19-14+. The highest BCUT2D eigenvalue weighted by atomic mass is 35.5. The minimum absolute atomic E-state index is 0.0153. The number of carbonyl (C=O) groups is 1. The molecule has 0 aromatic heterocycles. The van der Waals surface area contributed by atoms with Crippen molar-refractivity contribution < 1.29 is 4.79 Å². The second kappa shape index (κ2) is 9.23. The number of anilines is 1. The van der Waals surface area contributed by atoms with Gasteiger partial charge in [-0.1, -0.05) is 65.7 Å². The molecule has 28 heavy (non-hydrogen) atoms. The van der Waals surface area contributed by atoms with Gasteiger partial charge in [-0.05, 0) is 59.5 Å².